The molecule has 0 radical (unpaired) electrons. The SMILES string of the molecule is CNC(=O)NC1CCCC(F)(F)C1. The van der Waals surface area contributed by atoms with E-state index >= 15 is 0 Å². The van der Waals surface area contributed by atoms with E-state index in [1.165, 1.54) is 7.05 Å². The maximum absolute atomic E-state index is 12.8. The van der Waals surface area contributed by atoms with Gasteiger partial charge >= 0.3 is 6.03 Å². The van der Waals surface area contributed by atoms with E-state index in [1.54, 1.807) is 0 Å². The number of amides is 2. The average Bonchev–Trinajstić information content (AvgIpc) is 2.02. The Labute approximate surface area is 75.9 Å². The number of carbonyl (C=O) groups excluding carboxylic acids is 1. The number of urea groups is 1. The molecule has 1 aliphatic carbocycles. The van der Waals surface area contributed by atoms with Gasteiger partial charge in [-0.2, -0.15) is 0 Å². The summed E-state index contributed by atoms with van der Waals surface area (Å²) in [6.45, 7) is 0. The first-order chi connectivity index (χ1) is 6.03. The summed E-state index contributed by atoms with van der Waals surface area (Å²) in [5.41, 5.74) is 0. The standard InChI is InChI=1S/C8H14F2N2O/c1-11-7(13)12-6-3-2-4-8(9,10)5-6/h6H,2-5H2,1H3,(H2,11,12,13). The van der Waals surface area contributed by atoms with Gasteiger partial charge in [0.1, 0.15) is 0 Å². The highest BCUT2D eigenvalue weighted by atomic mass is 19.3. The van der Waals surface area contributed by atoms with Crippen LogP contribution in [0.5, 0.6) is 0 Å². The van der Waals surface area contributed by atoms with Crippen LogP contribution in [0.2, 0.25) is 0 Å². The number of hydrogen-bond acceptors (Lipinski definition) is 1. The van der Waals surface area contributed by atoms with Crippen LogP contribution in [-0.2, 0) is 0 Å². The Kier molecular flexibility index (Phi) is 3.06. The minimum absolute atomic E-state index is 0.0566. The highest BCUT2D eigenvalue weighted by Crippen LogP contribution is 2.32. The van der Waals surface area contributed by atoms with Gasteiger partial charge in [-0.25, -0.2) is 13.6 Å². The third-order valence-electron chi connectivity index (χ3n) is 2.20. The van der Waals surface area contributed by atoms with Crippen LogP contribution in [0.15, 0.2) is 0 Å². The fourth-order valence-corrected chi connectivity index (χ4v) is 1.55. The van der Waals surface area contributed by atoms with Crippen LogP contribution >= 0.6 is 0 Å². The second kappa shape index (κ2) is 3.89. The molecule has 1 rings (SSSR count). The quantitative estimate of drug-likeness (QED) is 0.649. The first-order valence-corrected chi connectivity index (χ1v) is 4.39. The van der Waals surface area contributed by atoms with E-state index in [2.05, 4.69) is 10.6 Å². The minimum atomic E-state index is -2.61. The molecule has 0 aromatic heterocycles. The van der Waals surface area contributed by atoms with Gasteiger partial charge in [-0.1, -0.05) is 0 Å². The van der Waals surface area contributed by atoms with Crippen LogP contribution in [0.25, 0.3) is 0 Å². The molecule has 1 saturated carbocycles. The van der Waals surface area contributed by atoms with E-state index in [0.717, 1.165) is 0 Å². The van der Waals surface area contributed by atoms with Gasteiger partial charge < -0.3 is 10.6 Å². The van der Waals surface area contributed by atoms with Gasteiger partial charge in [0.15, 0.2) is 0 Å². The van der Waals surface area contributed by atoms with Crippen molar-refractivity contribution in [2.75, 3.05) is 7.05 Å². The van der Waals surface area contributed by atoms with E-state index in [9.17, 15) is 13.6 Å². The van der Waals surface area contributed by atoms with Gasteiger partial charge in [0.25, 0.3) is 0 Å². The molecule has 3 nitrogen and oxygen atoms in total. The smallest absolute Gasteiger partial charge is 0.314 e. The van der Waals surface area contributed by atoms with E-state index in [4.69, 9.17) is 0 Å². The molecule has 1 unspecified atom stereocenters. The number of halogens is 2. The van der Waals surface area contributed by atoms with Crippen LogP contribution < -0.4 is 10.6 Å². The molecule has 0 bridgehead atoms. The molecule has 1 atom stereocenters. The lowest BCUT2D eigenvalue weighted by atomic mass is 9.92. The first-order valence-electron chi connectivity index (χ1n) is 4.39. The summed E-state index contributed by atoms with van der Waals surface area (Å²) in [6, 6.07) is -0.772. The zero-order valence-electron chi connectivity index (χ0n) is 7.57. The predicted octanol–water partition coefficient (Wildman–Crippen LogP) is 1.49. The fraction of sp³-hybridized carbons (Fsp3) is 0.875. The summed E-state index contributed by atoms with van der Waals surface area (Å²) in [5.74, 6) is -2.61. The third kappa shape index (κ3) is 3.16. The molecule has 2 amide bonds. The second-order valence-corrected chi connectivity index (χ2v) is 3.37. The summed E-state index contributed by atoms with van der Waals surface area (Å²) in [4.78, 5) is 10.8. The van der Waals surface area contributed by atoms with Gasteiger partial charge in [-0.15, -0.1) is 0 Å². The summed E-state index contributed by atoms with van der Waals surface area (Å²) >= 11 is 0. The van der Waals surface area contributed by atoms with Gasteiger partial charge in [-0.3, -0.25) is 0 Å². The topological polar surface area (TPSA) is 41.1 Å². The summed E-state index contributed by atoms with van der Waals surface area (Å²) in [5, 5.41) is 4.84. The number of nitrogens with one attached hydrogen (secondary N) is 2. The molecule has 13 heavy (non-hydrogen) atoms. The molecule has 0 heterocycles. The lowest BCUT2D eigenvalue weighted by molar-refractivity contribution is -0.0425. The predicted molar refractivity (Wildman–Crippen MR) is 44.8 cm³/mol. The van der Waals surface area contributed by atoms with Gasteiger partial charge in [0, 0.05) is 25.9 Å². The maximum Gasteiger partial charge on any atom is 0.314 e. The van der Waals surface area contributed by atoms with Crippen molar-refractivity contribution in [2.24, 2.45) is 0 Å². The largest absolute Gasteiger partial charge is 0.341 e. The Morgan fingerprint density at radius 1 is 1.54 bits per heavy atom. The van der Waals surface area contributed by atoms with Crippen molar-refractivity contribution in [3.63, 3.8) is 0 Å². The molecule has 0 aliphatic heterocycles. The van der Waals surface area contributed by atoms with Gasteiger partial charge in [-0.05, 0) is 12.8 Å². The Morgan fingerprint density at radius 2 is 2.23 bits per heavy atom. The Balaban J connectivity index is 2.39. The van der Waals surface area contributed by atoms with Crippen LogP contribution in [0.3, 0.4) is 0 Å². The zero-order chi connectivity index (χ0) is 9.90. The van der Waals surface area contributed by atoms with Crippen molar-refractivity contribution in [1.29, 1.82) is 0 Å². The molecule has 1 fully saturated rings. The lowest BCUT2D eigenvalue weighted by Gasteiger charge is -2.29. The van der Waals surface area contributed by atoms with Crippen LogP contribution in [0.4, 0.5) is 13.6 Å². The highest BCUT2D eigenvalue weighted by molar-refractivity contribution is 5.73. The van der Waals surface area contributed by atoms with Crippen LogP contribution in [0.1, 0.15) is 25.7 Å². The second-order valence-electron chi connectivity index (χ2n) is 3.37. The van der Waals surface area contributed by atoms with E-state index in [-0.39, 0.29) is 24.9 Å². The number of alkyl halides is 2. The molecule has 2 N–H and O–H groups in total. The summed E-state index contributed by atoms with van der Waals surface area (Å²) < 4.78 is 25.7. The average molecular weight is 192 g/mol. The molecular formula is C8H14F2N2O. The van der Waals surface area contributed by atoms with E-state index in [1.807, 2.05) is 0 Å². The van der Waals surface area contributed by atoms with Crippen molar-refractivity contribution in [3.05, 3.63) is 0 Å². The molecule has 0 saturated heterocycles. The van der Waals surface area contributed by atoms with Crippen molar-refractivity contribution in [1.82, 2.24) is 10.6 Å². The first kappa shape index (κ1) is 10.2. The van der Waals surface area contributed by atoms with Crippen molar-refractivity contribution in [3.8, 4) is 0 Å². The molecule has 76 valence electrons. The number of rotatable bonds is 1. The van der Waals surface area contributed by atoms with E-state index < -0.39 is 5.92 Å². The minimum Gasteiger partial charge on any atom is -0.341 e. The van der Waals surface area contributed by atoms with Crippen molar-refractivity contribution >= 4 is 6.03 Å². The Hall–Kier alpha value is -0.870. The third-order valence-corrected chi connectivity index (χ3v) is 2.20. The Bertz CT molecular complexity index is 197. The summed E-state index contributed by atoms with van der Waals surface area (Å²) in [7, 11) is 1.47. The molecule has 1 aliphatic rings. The summed E-state index contributed by atoms with van der Waals surface area (Å²) in [6.07, 6.45) is 0.823. The van der Waals surface area contributed by atoms with Crippen LogP contribution in [0, 0.1) is 0 Å². The Morgan fingerprint density at radius 3 is 2.77 bits per heavy atom. The normalized spacial score (nSPS) is 26.5. The highest BCUT2D eigenvalue weighted by Gasteiger charge is 2.36. The monoisotopic (exact) mass is 192 g/mol. The zero-order valence-corrected chi connectivity index (χ0v) is 7.57. The van der Waals surface area contributed by atoms with E-state index in [0.29, 0.717) is 12.8 Å². The van der Waals surface area contributed by atoms with Gasteiger partial charge in [0.05, 0.1) is 0 Å². The molecule has 0 spiro atoms. The molecular weight excluding hydrogens is 178 g/mol. The fourth-order valence-electron chi connectivity index (χ4n) is 1.55. The van der Waals surface area contributed by atoms with Crippen molar-refractivity contribution < 1.29 is 13.6 Å². The number of carbonyl (C=O) groups is 1. The molecule has 0 aromatic carbocycles. The molecule has 0 aromatic rings. The van der Waals surface area contributed by atoms with Crippen molar-refractivity contribution in [2.45, 2.75) is 37.6 Å². The maximum atomic E-state index is 12.8. The van der Waals surface area contributed by atoms with Gasteiger partial charge in [0.2, 0.25) is 5.92 Å². The lowest BCUT2D eigenvalue weighted by Crippen LogP contribution is -2.45. The number of hydrogen-bond donors (Lipinski definition) is 2. The molecule has 5 heteroatoms. The van der Waals surface area contributed by atoms with Crippen LogP contribution in [-0.4, -0.2) is 25.0 Å².